The summed E-state index contributed by atoms with van der Waals surface area (Å²) in [5.41, 5.74) is 2.26. The Balaban J connectivity index is 2.29. The Bertz CT molecular complexity index is 535. The SMILES string of the molecule is Cc1ccc(-c2cc(OC(F)(F)F)ccn2)cc1. The predicted octanol–water partition coefficient (Wildman–Crippen LogP) is 3.96. The van der Waals surface area contributed by atoms with Crippen molar-refractivity contribution >= 4 is 0 Å². The van der Waals surface area contributed by atoms with Crippen molar-refractivity contribution < 1.29 is 17.9 Å². The monoisotopic (exact) mass is 253 g/mol. The van der Waals surface area contributed by atoms with E-state index >= 15 is 0 Å². The Morgan fingerprint density at radius 1 is 1.06 bits per heavy atom. The van der Waals surface area contributed by atoms with Gasteiger partial charge < -0.3 is 4.74 Å². The van der Waals surface area contributed by atoms with Gasteiger partial charge in [-0.05, 0) is 13.0 Å². The molecule has 2 nitrogen and oxygen atoms in total. The molecule has 0 aliphatic carbocycles. The second-order valence-corrected chi connectivity index (χ2v) is 3.79. The fourth-order valence-corrected chi connectivity index (χ4v) is 1.49. The number of pyridine rings is 1. The van der Waals surface area contributed by atoms with Crippen molar-refractivity contribution in [1.29, 1.82) is 0 Å². The van der Waals surface area contributed by atoms with Gasteiger partial charge in [0.25, 0.3) is 0 Å². The highest BCUT2D eigenvalue weighted by Gasteiger charge is 2.31. The quantitative estimate of drug-likeness (QED) is 0.808. The molecule has 0 spiro atoms. The Kier molecular flexibility index (Phi) is 3.23. The lowest BCUT2D eigenvalue weighted by molar-refractivity contribution is -0.274. The molecule has 0 radical (unpaired) electrons. The van der Waals surface area contributed by atoms with Crippen LogP contribution in [-0.2, 0) is 0 Å². The number of ether oxygens (including phenoxy) is 1. The van der Waals surface area contributed by atoms with Crippen LogP contribution in [-0.4, -0.2) is 11.3 Å². The Morgan fingerprint density at radius 3 is 2.33 bits per heavy atom. The fraction of sp³-hybridized carbons (Fsp3) is 0.154. The number of aromatic nitrogens is 1. The molecule has 0 aliphatic heterocycles. The van der Waals surface area contributed by atoms with Crippen LogP contribution in [0.25, 0.3) is 11.3 Å². The van der Waals surface area contributed by atoms with Gasteiger partial charge in [-0.1, -0.05) is 29.8 Å². The van der Waals surface area contributed by atoms with Crippen molar-refractivity contribution in [3.05, 3.63) is 48.2 Å². The molecular weight excluding hydrogens is 243 g/mol. The summed E-state index contributed by atoms with van der Waals surface area (Å²) >= 11 is 0. The maximum Gasteiger partial charge on any atom is 0.573 e. The number of halogens is 3. The summed E-state index contributed by atoms with van der Waals surface area (Å²) in [7, 11) is 0. The van der Waals surface area contributed by atoms with Gasteiger partial charge in [-0.15, -0.1) is 13.2 Å². The van der Waals surface area contributed by atoms with Crippen LogP contribution >= 0.6 is 0 Å². The molecule has 0 unspecified atom stereocenters. The first-order chi connectivity index (χ1) is 8.44. The minimum absolute atomic E-state index is 0.270. The van der Waals surface area contributed by atoms with Crippen LogP contribution in [0.4, 0.5) is 13.2 Å². The van der Waals surface area contributed by atoms with Gasteiger partial charge in [0.1, 0.15) is 5.75 Å². The summed E-state index contributed by atoms with van der Waals surface area (Å²) in [5.74, 6) is -0.270. The summed E-state index contributed by atoms with van der Waals surface area (Å²) < 4.78 is 40.1. The highest BCUT2D eigenvalue weighted by molar-refractivity contribution is 5.60. The maximum atomic E-state index is 12.1. The number of rotatable bonds is 2. The minimum atomic E-state index is -4.69. The van der Waals surface area contributed by atoms with Gasteiger partial charge in [-0.3, -0.25) is 4.98 Å². The lowest BCUT2D eigenvalue weighted by Gasteiger charge is -2.09. The second kappa shape index (κ2) is 4.68. The first kappa shape index (κ1) is 12.4. The normalized spacial score (nSPS) is 11.3. The van der Waals surface area contributed by atoms with Crippen LogP contribution in [0, 0.1) is 6.92 Å². The van der Waals surface area contributed by atoms with Crippen LogP contribution in [0.3, 0.4) is 0 Å². The van der Waals surface area contributed by atoms with E-state index in [1.54, 1.807) is 12.1 Å². The lowest BCUT2D eigenvalue weighted by atomic mass is 10.1. The van der Waals surface area contributed by atoms with E-state index in [2.05, 4.69) is 9.72 Å². The van der Waals surface area contributed by atoms with Gasteiger partial charge >= 0.3 is 6.36 Å². The average molecular weight is 253 g/mol. The number of nitrogens with zero attached hydrogens (tertiary/aromatic N) is 1. The lowest BCUT2D eigenvalue weighted by Crippen LogP contribution is -2.17. The van der Waals surface area contributed by atoms with Gasteiger partial charge in [0.15, 0.2) is 0 Å². The molecule has 94 valence electrons. The van der Waals surface area contributed by atoms with Crippen LogP contribution in [0.5, 0.6) is 5.75 Å². The molecule has 18 heavy (non-hydrogen) atoms. The standard InChI is InChI=1S/C13H10F3NO/c1-9-2-4-10(5-3-9)12-8-11(6-7-17-12)18-13(14,15)16/h2-8H,1H3. The van der Waals surface area contributed by atoms with Crippen LogP contribution < -0.4 is 4.74 Å². The molecule has 0 fully saturated rings. The van der Waals surface area contributed by atoms with Crippen molar-refractivity contribution in [2.75, 3.05) is 0 Å². The average Bonchev–Trinajstić information content (AvgIpc) is 2.28. The minimum Gasteiger partial charge on any atom is -0.406 e. The first-order valence-electron chi connectivity index (χ1n) is 5.23. The summed E-state index contributed by atoms with van der Waals surface area (Å²) in [6, 6.07) is 9.77. The fourth-order valence-electron chi connectivity index (χ4n) is 1.49. The number of alkyl halides is 3. The zero-order valence-corrected chi connectivity index (χ0v) is 9.53. The van der Waals surface area contributed by atoms with E-state index in [4.69, 9.17) is 0 Å². The molecule has 0 atom stereocenters. The van der Waals surface area contributed by atoms with Gasteiger partial charge in [0.05, 0.1) is 5.69 Å². The smallest absolute Gasteiger partial charge is 0.406 e. The summed E-state index contributed by atoms with van der Waals surface area (Å²) in [4.78, 5) is 4.02. The Hall–Kier alpha value is -2.04. The van der Waals surface area contributed by atoms with E-state index in [1.807, 2.05) is 19.1 Å². The molecular formula is C13H10F3NO. The van der Waals surface area contributed by atoms with Crippen LogP contribution in [0.2, 0.25) is 0 Å². The van der Waals surface area contributed by atoms with E-state index in [9.17, 15) is 13.2 Å². The maximum absolute atomic E-state index is 12.1. The molecule has 2 aromatic rings. The molecule has 1 aromatic heterocycles. The van der Waals surface area contributed by atoms with E-state index in [0.29, 0.717) is 5.69 Å². The van der Waals surface area contributed by atoms with Crippen molar-refractivity contribution in [3.63, 3.8) is 0 Å². The van der Waals surface area contributed by atoms with Crippen molar-refractivity contribution in [3.8, 4) is 17.0 Å². The summed E-state index contributed by atoms with van der Waals surface area (Å²) in [6.45, 7) is 1.93. The summed E-state index contributed by atoms with van der Waals surface area (Å²) in [5, 5.41) is 0. The second-order valence-electron chi connectivity index (χ2n) is 3.79. The third kappa shape index (κ3) is 3.23. The third-order valence-corrected chi connectivity index (χ3v) is 2.31. The van der Waals surface area contributed by atoms with Crippen LogP contribution in [0.15, 0.2) is 42.6 Å². The number of hydrogen-bond donors (Lipinski definition) is 0. The number of hydrogen-bond acceptors (Lipinski definition) is 2. The molecule has 1 aromatic carbocycles. The van der Waals surface area contributed by atoms with E-state index < -0.39 is 6.36 Å². The largest absolute Gasteiger partial charge is 0.573 e. The van der Waals surface area contributed by atoms with Gasteiger partial charge in [0, 0.05) is 17.8 Å². The first-order valence-corrected chi connectivity index (χ1v) is 5.23. The zero-order chi connectivity index (χ0) is 13.2. The predicted molar refractivity (Wildman–Crippen MR) is 61.1 cm³/mol. The van der Waals surface area contributed by atoms with E-state index in [0.717, 1.165) is 11.1 Å². The highest BCUT2D eigenvalue weighted by atomic mass is 19.4. The van der Waals surface area contributed by atoms with Gasteiger partial charge in [0.2, 0.25) is 0 Å². The molecule has 0 aliphatic rings. The van der Waals surface area contributed by atoms with Crippen molar-refractivity contribution in [2.24, 2.45) is 0 Å². The van der Waals surface area contributed by atoms with Crippen molar-refractivity contribution in [1.82, 2.24) is 4.98 Å². The molecule has 0 bridgehead atoms. The highest BCUT2D eigenvalue weighted by Crippen LogP contribution is 2.26. The molecule has 0 amide bonds. The molecule has 1 heterocycles. The van der Waals surface area contributed by atoms with Crippen molar-refractivity contribution in [2.45, 2.75) is 13.3 Å². The zero-order valence-electron chi connectivity index (χ0n) is 9.53. The topological polar surface area (TPSA) is 22.1 Å². The van der Waals surface area contributed by atoms with Crippen LogP contribution in [0.1, 0.15) is 5.56 Å². The molecule has 5 heteroatoms. The van der Waals surface area contributed by atoms with Gasteiger partial charge in [-0.2, -0.15) is 0 Å². The molecule has 2 rings (SSSR count). The Labute approximate surface area is 102 Å². The van der Waals surface area contributed by atoms with Gasteiger partial charge in [-0.25, -0.2) is 0 Å². The number of aryl methyl sites for hydroxylation is 1. The molecule has 0 N–H and O–H groups in total. The molecule has 0 saturated carbocycles. The number of benzene rings is 1. The molecule has 0 saturated heterocycles. The third-order valence-electron chi connectivity index (χ3n) is 2.31. The Morgan fingerprint density at radius 2 is 1.72 bits per heavy atom. The van der Waals surface area contributed by atoms with E-state index in [-0.39, 0.29) is 5.75 Å². The summed E-state index contributed by atoms with van der Waals surface area (Å²) in [6.07, 6.45) is -3.40. The van der Waals surface area contributed by atoms with E-state index in [1.165, 1.54) is 18.3 Å².